The fraction of sp³-hybridized carbons (Fsp3) is 0.923. The molecule has 0 heterocycles. The van der Waals surface area contributed by atoms with Crippen molar-refractivity contribution >= 4 is 11.9 Å². The second-order valence-corrected chi connectivity index (χ2v) is 11.5. The molecule has 182 valence electrons. The first-order valence-electron chi connectivity index (χ1n) is 14.4. The summed E-state index contributed by atoms with van der Waals surface area (Å²) in [6.45, 7) is 6.09. The summed E-state index contributed by atoms with van der Waals surface area (Å²) in [6.07, 6.45) is -1.53. The summed E-state index contributed by atoms with van der Waals surface area (Å²) in [7, 11) is 0. The van der Waals surface area contributed by atoms with E-state index >= 15 is 0 Å². The molecule has 0 saturated heterocycles. The standard InChI is InChI=1S/C26H43NO5/c1-15(4-7-22(30)27-14-23(31)32)18-5-6-19-24-20(9-11-26(18,19)3)25(2)10-8-17(28)12-16(25)13-21(24)29/h15-21,24,28-29H,4-14H2,1-3H3,(H,27,30)(H,31,32)/t15-,16+,17-,18-,19?,20?,21?,24?,25+,26-/m1/s1/i8D2,12D2. The van der Waals surface area contributed by atoms with Gasteiger partial charge in [-0.2, -0.15) is 0 Å². The molecule has 4 aliphatic carbocycles. The van der Waals surface area contributed by atoms with E-state index in [0.717, 1.165) is 25.7 Å². The first-order valence-corrected chi connectivity index (χ1v) is 12.4. The van der Waals surface area contributed by atoms with Crippen molar-refractivity contribution in [2.24, 2.45) is 46.3 Å². The molecule has 0 radical (unpaired) electrons. The Morgan fingerprint density at radius 1 is 1.12 bits per heavy atom. The van der Waals surface area contributed by atoms with Crippen LogP contribution in [0.2, 0.25) is 0 Å². The van der Waals surface area contributed by atoms with E-state index < -0.39 is 42.3 Å². The average Bonchev–Trinajstić information content (AvgIpc) is 3.13. The van der Waals surface area contributed by atoms with Crippen LogP contribution in [0.15, 0.2) is 0 Å². The number of carbonyl (C=O) groups excluding carboxylic acids is 1. The maximum Gasteiger partial charge on any atom is 0.322 e. The second-order valence-electron chi connectivity index (χ2n) is 11.5. The van der Waals surface area contributed by atoms with Crippen molar-refractivity contribution in [3.63, 3.8) is 0 Å². The summed E-state index contributed by atoms with van der Waals surface area (Å²) in [4.78, 5) is 22.8. The van der Waals surface area contributed by atoms with Gasteiger partial charge in [0.1, 0.15) is 6.54 Å². The molecule has 4 fully saturated rings. The Morgan fingerprint density at radius 3 is 2.56 bits per heavy atom. The van der Waals surface area contributed by atoms with E-state index in [4.69, 9.17) is 10.6 Å². The van der Waals surface area contributed by atoms with Gasteiger partial charge in [0.15, 0.2) is 0 Å². The Bertz CT molecular complexity index is 886. The molecule has 0 aromatic carbocycles. The Kier molecular flexibility index (Phi) is 5.34. The van der Waals surface area contributed by atoms with E-state index in [-0.39, 0.29) is 60.8 Å². The molecule has 0 aromatic heterocycles. The van der Waals surface area contributed by atoms with E-state index in [1.807, 2.05) is 6.92 Å². The fourth-order valence-electron chi connectivity index (χ4n) is 8.30. The van der Waals surface area contributed by atoms with Gasteiger partial charge in [-0.05, 0) is 104 Å². The highest BCUT2D eigenvalue weighted by Gasteiger charge is 2.62. The Morgan fingerprint density at radius 2 is 1.84 bits per heavy atom. The van der Waals surface area contributed by atoms with Crippen molar-refractivity contribution in [1.82, 2.24) is 5.32 Å². The van der Waals surface area contributed by atoms with Gasteiger partial charge in [-0.25, -0.2) is 0 Å². The van der Waals surface area contributed by atoms with Crippen molar-refractivity contribution in [3.8, 4) is 0 Å². The third-order valence-corrected chi connectivity index (χ3v) is 9.96. The zero-order valence-electron chi connectivity index (χ0n) is 23.6. The second kappa shape index (κ2) is 8.90. The lowest BCUT2D eigenvalue weighted by Gasteiger charge is -2.62. The van der Waals surface area contributed by atoms with Gasteiger partial charge < -0.3 is 20.6 Å². The van der Waals surface area contributed by atoms with Crippen LogP contribution in [0, 0.1) is 46.3 Å². The van der Waals surface area contributed by atoms with Gasteiger partial charge in [0.25, 0.3) is 0 Å². The highest BCUT2D eigenvalue weighted by atomic mass is 16.4. The summed E-state index contributed by atoms with van der Waals surface area (Å²) in [5.74, 6) is -1.04. The molecule has 10 atom stereocenters. The number of carbonyl (C=O) groups is 2. The molecule has 6 nitrogen and oxygen atoms in total. The minimum atomic E-state index is -2.10. The number of hydrogen-bond donors (Lipinski definition) is 4. The highest BCUT2D eigenvalue weighted by molar-refractivity contribution is 5.81. The van der Waals surface area contributed by atoms with Gasteiger partial charge >= 0.3 is 5.97 Å². The molecule has 4 aliphatic rings. The largest absolute Gasteiger partial charge is 0.480 e. The number of aliphatic hydroxyl groups excluding tert-OH is 2. The lowest BCUT2D eigenvalue weighted by atomic mass is 9.43. The third-order valence-electron chi connectivity index (χ3n) is 9.96. The maximum atomic E-state index is 12.1. The highest BCUT2D eigenvalue weighted by Crippen LogP contribution is 2.68. The quantitative estimate of drug-likeness (QED) is 0.492. The van der Waals surface area contributed by atoms with E-state index in [9.17, 15) is 19.8 Å². The molecule has 0 bridgehead atoms. The number of aliphatic carboxylic acids is 1. The lowest BCUT2D eigenvalue weighted by Crippen LogP contribution is -2.58. The molecular weight excluding hydrogens is 406 g/mol. The number of amides is 1. The molecular formula is C26H43NO5. The fourth-order valence-corrected chi connectivity index (χ4v) is 8.30. The number of hydrogen-bond acceptors (Lipinski definition) is 4. The first kappa shape index (κ1) is 19.2. The summed E-state index contributed by atoms with van der Waals surface area (Å²) >= 11 is 0. The van der Waals surface area contributed by atoms with Crippen LogP contribution >= 0.6 is 0 Å². The smallest absolute Gasteiger partial charge is 0.322 e. The van der Waals surface area contributed by atoms with Gasteiger partial charge in [0.2, 0.25) is 5.91 Å². The van der Waals surface area contributed by atoms with Crippen LogP contribution in [-0.4, -0.2) is 45.9 Å². The van der Waals surface area contributed by atoms with Crippen LogP contribution in [0.25, 0.3) is 0 Å². The number of carboxylic acids is 1. The average molecular weight is 454 g/mol. The van der Waals surface area contributed by atoms with Crippen molar-refractivity contribution in [1.29, 1.82) is 0 Å². The van der Waals surface area contributed by atoms with Gasteiger partial charge in [0, 0.05) is 11.9 Å². The van der Waals surface area contributed by atoms with Crippen molar-refractivity contribution in [2.45, 2.75) is 97.1 Å². The van der Waals surface area contributed by atoms with Crippen LogP contribution in [0.5, 0.6) is 0 Å². The van der Waals surface area contributed by atoms with Crippen molar-refractivity contribution in [3.05, 3.63) is 0 Å². The van der Waals surface area contributed by atoms with E-state index in [2.05, 4.69) is 19.2 Å². The molecule has 4 saturated carbocycles. The topological polar surface area (TPSA) is 107 Å². The molecule has 32 heavy (non-hydrogen) atoms. The van der Waals surface area contributed by atoms with Gasteiger partial charge in [0.05, 0.1) is 12.2 Å². The Balaban J connectivity index is 1.52. The number of nitrogens with one attached hydrogen (secondary N) is 1. The monoisotopic (exact) mass is 453 g/mol. The zero-order chi connectivity index (χ0) is 26.8. The predicted octanol–water partition coefficient (Wildman–Crippen LogP) is 3.59. The molecule has 4 rings (SSSR count). The van der Waals surface area contributed by atoms with Gasteiger partial charge in [-0.15, -0.1) is 0 Å². The van der Waals surface area contributed by atoms with Gasteiger partial charge in [-0.1, -0.05) is 20.8 Å². The number of rotatable bonds is 6. The third kappa shape index (κ3) is 4.11. The Hall–Kier alpha value is -1.14. The summed E-state index contributed by atoms with van der Waals surface area (Å²) in [5.41, 5.74) is -0.655. The molecule has 4 N–H and O–H groups in total. The zero-order valence-corrected chi connectivity index (χ0v) is 19.6. The molecule has 4 unspecified atom stereocenters. The van der Waals surface area contributed by atoms with Crippen molar-refractivity contribution < 1.29 is 30.4 Å². The number of aliphatic hydroxyl groups is 2. The van der Waals surface area contributed by atoms with Gasteiger partial charge in [-0.3, -0.25) is 9.59 Å². The Labute approximate surface area is 198 Å². The molecule has 6 heteroatoms. The van der Waals surface area contributed by atoms with Crippen LogP contribution in [-0.2, 0) is 9.59 Å². The summed E-state index contributed by atoms with van der Waals surface area (Å²) in [5, 5.41) is 33.2. The molecule has 0 spiro atoms. The predicted molar refractivity (Wildman–Crippen MR) is 122 cm³/mol. The SMILES string of the molecule is [2H]C1([2H])C[C@]2(C)C3CC[C@@]4(C)C(CC[C@@H]4[C@H](C)CCC(=O)NCC(=O)O)C3C(O)C[C@@H]2C([2H])([2H])[C@@H]1O. The normalized spacial score (nSPS) is 51.5. The van der Waals surface area contributed by atoms with E-state index in [1.165, 1.54) is 0 Å². The van der Waals surface area contributed by atoms with Crippen LogP contribution < -0.4 is 5.32 Å². The van der Waals surface area contributed by atoms with Crippen LogP contribution in [0.3, 0.4) is 0 Å². The molecule has 1 amide bonds. The number of carboxylic acid groups (broad SMARTS) is 1. The summed E-state index contributed by atoms with van der Waals surface area (Å²) in [6, 6.07) is 0. The van der Waals surface area contributed by atoms with E-state index in [1.54, 1.807) is 0 Å². The maximum absolute atomic E-state index is 12.1. The summed E-state index contributed by atoms with van der Waals surface area (Å²) < 4.78 is 34.2. The van der Waals surface area contributed by atoms with E-state index in [0.29, 0.717) is 12.3 Å². The lowest BCUT2D eigenvalue weighted by molar-refractivity contribution is -0.174. The first-order chi connectivity index (χ1) is 16.6. The molecule has 0 aromatic rings. The molecule has 0 aliphatic heterocycles. The van der Waals surface area contributed by atoms with Crippen LogP contribution in [0.4, 0.5) is 0 Å². The number of fused-ring (bicyclic) bond motifs is 5. The minimum Gasteiger partial charge on any atom is -0.480 e. The van der Waals surface area contributed by atoms with Crippen molar-refractivity contribution in [2.75, 3.05) is 6.54 Å². The minimum absolute atomic E-state index is 0.00201. The van der Waals surface area contributed by atoms with Crippen LogP contribution in [0.1, 0.15) is 90.4 Å².